The second-order valence-corrected chi connectivity index (χ2v) is 12.2. The smallest absolute Gasteiger partial charge is 0.264 e. The molecule has 0 heterocycles. The fourth-order valence-corrected chi connectivity index (χ4v) is 5.71. The number of hydrogen-bond donors (Lipinski definition) is 1. The monoisotopic (exact) mass is 617 g/mol. The van der Waals surface area contributed by atoms with Crippen molar-refractivity contribution in [1.82, 2.24) is 10.2 Å². The number of sulfonamides is 1. The second kappa shape index (κ2) is 13.2. The van der Waals surface area contributed by atoms with Crippen LogP contribution in [0.15, 0.2) is 82.2 Å². The lowest BCUT2D eigenvalue weighted by atomic mass is 10.1. The summed E-state index contributed by atoms with van der Waals surface area (Å²) < 4.78 is 42.8. The number of rotatable bonds is 11. The van der Waals surface area contributed by atoms with Gasteiger partial charge in [0.05, 0.1) is 10.6 Å². The average molecular weight is 619 g/mol. The van der Waals surface area contributed by atoms with Gasteiger partial charge in [-0.3, -0.25) is 13.9 Å². The molecule has 208 valence electrons. The van der Waals surface area contributed by atoms with Crippen molar-refractivity contribution in [3.05, 3.63) is 94.2 Å². The summed E-state index contributed by atoms with van der Waals surface area (Å²) in [6.45, 7) is 6.84. The maximum Gasteiger partial charge on any atom is 0.264 e. The minimum atomic E-state index is -4.25. The molecule has 0 saturated heterocycles. The van der Waals surface area contributed by atoms with E-state index >= 15 is 0 Å². The molecule has 39 heavy (non-hydrogen) atoms. The summed E-state index contributed by atoms with van der Waals surface area (Å²) >= 11 is 3.43. The molecule has 0 unspecified atom stereocenters. The Bertz CT molecular complexity index is 1400. The highest BCUT2D eigenvalue weighted by molar-refractivity contribution is 9.10. The first-order chi connectivity index (χ1) is 18.4. The summed E-state index contributed by atoms with van der Waals surface area (Å²) in [6, 6.07) is 17.5. The average Bonchev–Trinajstić information content (AvgIpc) is 2.90. The van der Waals surface area contributed by atoms with Crippen molar-refractivity contribution in [2.75, 3.05) is 10.8 Å². The zero-order valence-corrected chi connectivity index (χ0v) is 24.8. The van der Waals surface area contributed by atoms with Gasteiger partial charge in [0, 0.05) is 17.1 Å². The van der Waals surface area contributed by atoms with Crippen molar-refractivity contribution in [3.63, 3.8) is 0 Å². The van der Waals surface area contributed by atoms with Crippen molar-refractivity contribution >= 4 is 43.5 Å². The zero-order valence-electron chi connectivity index (χ0n) is 22.4. The lowest BCUT2D eigenvalue weighted by Crippen LogP contribution is -2.52. The van der Waals surface area contributed by atoms with E-state index in [1.807, 2.05) is 45.0 Å². The number of anilines is 1. The Morgan fingerprint density at radius 3 is 2.23 bits per heavy atom. The third-order valence-corrected chi connectivity index (χ3v) is 8.69. The SMILES string of the molecule is CC[C@@H](C)NC(=O)[C@@H](C)N(Cc1cccc(Br)c1)C(=O)CN(c1ccc(C)cc1)S(=O)(=O)c1ccc(F)cc1. The van der Waals surface area contributed by atoms with Crippen LogP contribution in [-0.2, 0) is 26.2 Å². The molecule has 0 spiro atoms. The molecule has 1 N–H and O–H groups in total. The summed E-state index contributed by atoms with van der Waals surface area (Å²) in [7, 11) is -4.25. The molecule has 0 aliphatic heterocycles. The van der Waals surface area contributed by atoms with E-state index in [-0.39, 0.29) is 29.1 Å². The van der Waals surface area contributed by atoms with Crippen molar-refractivity contribution in [2.24, 2.45) is 0 Å². The Kier molecular flexibility index (Phi) is 10.3. The molecule has 0 fully saturated rings. The first kappa shape index (κ1) is 30.3. The normalized spacial score (nSPS) is 12.9. The number of nitrogens with zero attached hydrogens (tertiary/aromatic N) is 2. The van der Waals surface area contributed by atoms with Crippen LogP contribution in [0.25, 0.3) is 0 Å². The number of hydrogen-bond acceptors (Lipinski definition) is 4. The molecule has 0 saturated carbocycles. The molecule has 3 aromatic carbocycles. The molecular formula is C29H33BrFN3O4S. The van der Waals surface area contributed by atoms with Crippen molar-refractivity contribution in [2.45, 2.75) is 57.6 Å². The van der Waals surface area contributed by atoms with E-state index < -0.39 is 34.3 Å². The number of halogens is 2. The van der Waals surface area contributed by atoms with E-state index in [0.29, 0.717) is 0 Å². The van der Waals surface area contributed by atoms with Gasteiger partial charge in [0.1, 0.15) is 18.4 Å². The maximum absolute atomic E-state index is 13.9. The van der Waals surface area contributed by atoms with E-state index in [2.05, 4.69) is 21.2 Å². The summed E-state index contributed by atoms with van der Waals surface area (Å²) in [6.07, 6.45) is 0.717. The van der Waals surface area contributed by atoms with Crippen molar-refractivity contribution < 1.29 is 22.4 Å². The molecule has 0 aromatic heterocycles. The lowest BCUT2D eigenvalue weighted by Gasteiger charge is -2.32. The maximum atomic E-state index is 13.9. The largest absolute Gasteiger partial charge is 0.352 e. The summed E-state index contributed by atoms with van der Waals surface area (Å²) in [5.74, 6) is -1.47. The minimum Gasteiger partial charge on any atom is -0.352 e. The highest BCUT2D eigenvalue weighted by Crippen LogP contribution is 2.25. The highest BCUT2D eigenvalue weighted by Gasteiger charge is 2.32. The van der Waals surface area contributed by atoms with Gasteiger partial charge in [0.2, 0.25) is 11.8 Å². The molecule has 10 heteroatoms. The van der Waals surface area contributed by atoms with Gasteiger partial charge >= 0.3 is 0 Å². The van der Waals surface area contributed by atoms with Crippen LogP contribution >= 0.6 is 15.9 Å². The predicted octanol–water partition coefficient (Wildman–Crippen LogP) is 5.42. The summed E-state index contributed by atoms with van der Waals surface area (Å²) in [5.41, 5.74) is 1.96. The highest BCUT2D eigenvalue weighted by atomic mass is 79.9. The minimum absolute atomic E-state index is 0.0890. The molecule has 0 bridgehead atoms. The van der Waals surface area contributed by atoms with Crippen LogP contribution in [0, 0.1) is 12.7 Å². The second-order valence-electron chi connectivity index (χ2n) is 9.45. The van der Waals surface area contributed by atoms with Gasteiger partial charge in [0.25, 0.3) is 10.0 Å². The fraction of sp³-hybridized carbons (Fsp3) is 0.310. The Morgan fingerprint density at radius 1 is 1.00 bits per heavy atom. The van der Waals surface area contributed by atoms with Crippen LogP contribution in [-0.4, -0.2) is 43.8 Å². The van der Waals surface area contributed by atoms with Crippen LogP contribution in [0.3, 0.4) is 0 Å². The van der Waals surface area contributed by atoms with E-state index in [4.69, 9.17) is 0 Å². The van der Waals surface area contributed by atoms with Gasteiger partial charge in [-0.2, -0.15) is 0 Å². The standard InChI is InChI=1S/C29H33BrFN3O4S/c1-5-21(3)32-29(36)22(4)33(18-23-7-6-8-24(30)17-23)28(35)19-34(26-13-9-20(2)10-14-26)39(37,38)27-15-11-25(31)12-16-27/h6-17,21-22H,5,18-19H2,1-4H3,(H,32,36)/t21-,22-/m1/s1. The van der Waals surface area contributed by atoms with Gasteiger partial charge in [-0.1, -0.05) is 52.7 Å². The Morgan fingerprint density at radius 2 is 1.64 bits per heavy atom. The van der Waals surface area contributed by atoms with Gasteiger partial charge in [-0.05, 0) is 81.3 Å². The predicted molar refractivity (Wildman–Crippen MR) is 154 cm³/mol. The lowest BCUT2D eigenvalue weighted by molar-refractivity contribution is -0.139. The molecule has 7 nitrogen and oxygen atoms in total. The van der Waals surface area contributed by atoms with Crippen LogP contribution in [0.1, 0.15) is 38.3 Å². The molecule has 2 atom stereocenters. The molecule has 3 aromatic rings. The van der Waals surface area contributed by atoms with Crippen LogP contribution < -0.4 is 9.62 Å². The number of carbonyl (C=O) groups is 2. The van der Waals surface area contributed by atoms with Crippen LogP contribution in [0.4, 0.5) is 10.1 Å². The molecule has 0 aliphatic carbocycles. The van der Waals surface area contributed by atoms with Gasteiger partial charge in [-0.25, -0.2) is 12.8 Å². The fourth-order valence-electron chi connectivity index (χ4n) is 3.85. The summed E-state index contributed by atoms with van der Waals surface area (Å²) in [5, 5.41) is 2.90. The zero-order chi connectivity index (χ0) is 28.7. The molecular weight excluding hydrogens is 585 g/mol. The van der Waals surface area contributed by atoms with Gasteiger partial charge in [0.15, 0.2) is 0 Å². The number of aryl methyl sites for hydroxylation is 1. The first-order valence-corrected chi connectivity index (χ1v) is 14.8. The van der Waals surface area contributed by atoms with Gasteiger partial charge in [-0.15, -0.1) is 0 Å². The van der Waals surface area contributed by atoms with E-state index in [1.165, 1.54) is 4.90 Å². The van der Waals surface area contributed by atoms with E-state index in [1.54, 1.807) is 31.2 Å². The first-order valence-electron chi connectivity index (χ1n) is 12.6. The number of nitrogens with one attached hydrogen (secondary N) is 1. The quantitative estimate of drug-likeness (QED) is 0.311. The Labute approximate surface area is 238 Å². The van der Waals surface area contributed by atoms with Crippen molar-refractivity contribution in [1.29, 1.82) is 0 Å². The third kappa shape index (κ3) is 7.89. The van der Waals surface area contributed by atoms with E-state index in [9.17, 15) is 22.4 Å². The molecule has 3 rings (SSSR count). The van der Waals surface area contributed by atoms with Crippen LogP contribution in [0.2, 0.25) is 0 Å². The Balaban J connectivity index is 2.02. The number of benzene rings is 3. The number of amides is 2. The van der Waals surface area contributed by atoms with Gasteiger partial charge < -0.3 is 10.2 Å². The van der Waals surface area contributed by atoms with E-state index in [0.717, 1.165) is 50.6 Å². The topological polar surface area (TPSA) is 86.8 Å². The molecule has 0 radical (unpaired) electrons. The molecule has 2 amide bonds. The third-order valence-electron chi connectivity index (χ3n) is 6.41. The van der Waals surface area contributed by atoms with Crippen molar-refractivity contribution in [3.8, 4) is 0 Å². The van der Waals surface area contributed by atoms with Crippen LogP contribution in [0.5, 0.6) is 0 Å². The summed E-state index contributed by atoms with van der Waals surface area (Å²) in [4.78, 5) is 28.2. The molecule has 0 aliphatic rings. The number of carbonyl (C=O) groups excluding carboxylic acids is 2. The Hall–Kier alpha value is -3.24.